The molecule has 2 aromatic rings. The van der Waals surface area contributed by atoms with Gasteiger partial charge in [0.2, 0.25) is 0 Å². The molecular formula is C17H18FNOS. The SMILES string of the molecule is CN(Cc1cc(F)cc(C#CCCO)c1)Cc1cccs1. The van der Waals surface area contributed by atoms with E-state index in [1.807, 2.05) is 19.2 Å². The van der Waals surface area contributed by atoms with E-state index >= 15 is 0 Å². The molecule has 0 amide bonds. The molecule has 0 fully saturated rings. The summed E-state index contributed by atoms with van der Waals surface area (Å²) in [6, 6.07) is 9.00. The summed E-state index contributed by atoms with van der Waals surface area (Å²) in [7, 11) is 2.02. The zero-order chi connectivity index (χ0) is 15.1. The lowest BCUT2D eigenvalue weighted by atomic mass is 10.1. The molecule has 0 spiro atoms. The van der Waals surface area contributed by atoms with Gasteiger partial charge in [0.15, 0.2) is 0 Å². The number of nitrogens with zero attached hydrogens (tertiary/aromatic N) is 1. The van der Waals surface area contributed by atoms with Gasteiger partial charge in [0.25, 0.3) is 0 Å². The molecule has 1 N–H and O–H groups in total. The van der Waals surface area contributed by atoms with Crippen molar-refractivity contribution in [3.63, 3.8) is 0 Å². The highest BCUT2D eigenvalue weighted by Crippen LogP contribution is 2.15. The van der Waals surface area contributed by atoms with Crippen molar-refractivity contribution < 1.29 is 9.50 Å². The van der Waals surface area contributed by atoms with Gasteiger partial charge in [-0.15, -0.1) is 11.3 Å². The van der Waals surface area contributed by atoms with Crippen molar-refractivity contribution in [1.29, 1.82) is 0 Å². The molecule has 0 saturated carbocycles. The van der Waals surface area contributed by atoms with Crippen molar-refractivity contribution in [1.82, 2.24) is 4.90 Å². The van der Waals surface area contributed by atoms with Crippen LogP contribution in [0.2, 0.25) is 0 Å². The molecule has 1 heterocycles. The Morgan fingerprint density at radius 2 is 2.14 bits per heavy atom. The third-order valence-corrected chi connectivity index (χ3v) is 3.75. The van der Waals surface area contributed by atoms with Gasteiger partial charge in [-0.2, -0.15) is 0 Å². The number of thiophene rings is 1. The number of rotatable bonds is 5. The van der Waals surface area contributed by atoms with Crippen molar-refractivity contribution >= 4 is 11.3 Å². The van der Waals surface area contributed by atoms with Gasteiger partial charge in [-0.25, -0.2) is 4.39 Å². The van der Waals surface area contributed by atoms with E-state index < -0.39 is 0 Å². The van der Waals surface area contributed by atoms with Crippen LogP contribution >= 0.6 is 11.3 Å². The van der Waals surface area contributed by atoms with Crippen LogP contribution in [0.3, 0.4) is 0 Å². The van der Waals surface area contributed by atoms with E-state index in [-0.39, 0.29) is 12.4 Å². The molecule has 0 aliphatic rings. The minimum atomic E-state index is -0.273. The predicted molar refractivity (Wildman–Crippen MR) is 84.5 cm³/mol. The Balaban J connectivity index is 2.04. The number of hydrogen-bond acceptors (Lipinski definition) is 3. The molecule has 2 rings (SSSR count). The van der Waals surface area contributed by atoms with Gasteiger partial charge in [-0.05, 0) is 42.3 Å². The average Bonchev–Trinajstić information content (AvgIpc) is 2.91. The number of benzene rings is 1. The average molecular weight is 303 g/mol. The van der Waals surface area contributed by atoms with E-state index in [1.54, 1.807) is 17.4 Å². The smallest absolute Gasteiger partial charge is 0.124 e. The number of aliphatic hydroxyl groups is 1. The molecule has 0 aliphatic heterocycles. The normalized spacial score (nSPS) is 10.5. The van der Waals surface area contributed by atoms with Crippen molar-refractivity contribution in [3.8, 4) is 11.8 Å². The van der Waals surface area contributed by atoms with Gasteiger partial charge in [-0.3, -0.25) is 4.90 Å². The second-order valence-corrected chi connectivity index (χ2v) is 5.91. The van der Waals surface area contributed by atoms with Gasteiger partial charge in [0, 0.05) is 30.0 Å². The fraction of sp³-hybridized carbons (Fsp3) is 0.294. The van der Waals surface area contributed by atoms with Crippen LogP contribution in [0.15, 0.2) is 35.7 Å². The van der Waals surface area contributed by atoms with Crippen molar-refractivity contribution in [2.45, 2.75) is 19.5 Å². The number of aliphatic hydroxyl groups excluding tert-OH is 1. The van der Waals surface area contributed by atoms with Gasteiger partial charge >= 0.3 is 0 Å². The fourth-order valence-electron chi connectivity index (χ4n) is 2.07. The highest BCUT2D eigenvalue weighted by molar-refractivity contribution is 7.09. The molecule has 0 radical (unpaired) electrons. The van der Waals surface area contributed by atoms with Gasteiger partial charge < -0.3 is 5.11 Å². The minimum Gasteiger partial charge on any atom is -0.395 e. The third kappa shape index (κ3) is 5.31. The molecule has 110 valence electrons. The van der Waals surface area contributed by atoms with Gasteiger partial charge in [0.05, 0.1) is 6.61 Å². The molecular weight excluding hydrogens is 285 g/mol. The van der Waals surface area contributed by atoms with Crippen LogP contribution in [0, 0.1) is 17.7 Å². The Morgan fingerprint density at radius 1 is 1.29 bits per heavy atom. The van der Waals surface area contributed by atoms with Gasteiger partial charge in [0.1, 0.15) is 5.82 Å². The van der Waals surface area contributed by atoms with E-state index in [0.29, 0.717) is 18.5 Å². The van der Waals surface area contributed by atoms with E-state index in [4.69, 9.17) is 5.11 Å². The monoisotopic (exact) mass is 303 g/mol. The molecule has 0 aliphatic carbocycles. The predicted octanol–water partition coefficient (Wildman–Crippen LogP) is 3.25. The van der Waals surface area contributed by atoms with Gasteiger partial charge in [-0.1, -0.05) is 17.9 Å². The first-order valence-corrected chi connectivity index (χ1v) is 7.65. The molecule has 1 aromatic carbocycles. The second kappa shape index (κ2) is 7.94. The second-order valence-electron chi connectivity index (χ2n) is 4.88. The largest absolute Gasteiger partial charge is 0.395 e. The Bertz CT molecular complexity index is 628. The maximum absolute atomic E-state index is 13.6. The quantitative estimate of drug-likeness (QED) is 0.857. The summed E-state index contributed by atoms with van der Waals surface area (Å²) in [6.07, 6.45) is 0.407. The molecule has 1 aromatic heterocycles. The summed E-state index contributed by atoms with van der Waals surface area (Å²) >= 11 is 1.72. The van der Waals surface area contributed by atoms with Crippen LogP contribution in [0.1, 0.15) is 22.4 Å². The number of halogens is 1. The molecule has 0 unspecified atom stereocenters. The maximum Gasteiger partial charge on any atom is 0.124 e. The highest BCUT2D eigenvalue weighted by atomic mass is 32.1. The molecule has 4 heteroatoms. The Hall–Kier alpha value is -1.67. The summed E-state index contributed by atoms with van der Waals surface area (Å²) < 4.78 is 13.6. The molecule has 21 heavy (non-hydrogen) atoms. The lowest BCUT2D eigenvalue weighted by Gasteiger charge is -2.16. The van der Waals surface area contributed by atoms with Crippen molar-refractivity contribution in [2.75, 3.05) is 13.7 Å². The molecule has 0 saturated heterocycles. The van der Waals surface area contributed by atoms with Crippen LogP contribution in [0.5, 0.6) is 0 Å². The summed E-state index contributed by atoms with van der Waals surface area (Å²) in [5, 5.41) is 10.8. The summed E-state index contributed by atoms with van der Waals surface area (Å²) in [6.45, 7) is 1.54. The molecule has 0 atom stereocenters. The highest BCUT2D eigenvalue weighted by Gasteiger charge is 2.05. The van der Waals surface area contributed by atoms with E-state index in [0.717, 1.165) is 12.1 Å². The summed E-state index contributed by atoms with van der Waals surface area (Å²) in [4.78, 5) is 3.43. The van der Waals surface area contributed by atoms with Crippen LogP contribution < -0.4 is 0 Å². The van der Waals surface area contributed by atoms with E-state index in [2.05, 4.69) is 28.2 Å². The first-order valence-electron chi connectivity index (χ1n) is 6.77. The standard InChI is InChI=1S/C17H18FNOS/c1-19(13-17-6-4-8-21-17)12-15-9-14(5-2-3-7-20)10-16(18)11-15/h4,6,8-11,20H,3,7,12-13H2,1H3. The van der Waals surface area contributed by atoms with Crippen LogP contribution in [-0.2, 0) is 13.1 Å². The number of hydrogen-bond donors (Lipinski definition) is 1. The zero-order valence-electron chi connectivity index (χ0n) is 12.0. The first kappa shape index (κ1) is 15.7. The van der Waals surface area contributed by atoms with Crippen LogP contribution in [0.25, 0.3) is 0 Å². The van der Waals surface area contributed by atoms with Crippen LogP contribution in [0.4, 0.5) is 4.39 Å². The van der Waals surface area contributed by atoms with E-state index in [9.17, 15) is 4.39 Å². The lowest BCUT2D eigenvalue weighted by molar-refractivity contribution is 0.305. The maximum atomic E-state index is 13.6. The Labute approximate surface area is 128 Å². The third-order valence-electron chi connectivity index (χ3n) is 2.89. The van der Waals surface area contributed by atoms with E-state index in [1.165, 1.54) is 10.9 Å². The Morgan fingerprint density at radius 3 is 2.86 bits per heavy atom. The zero-order valence-corrected chi connectivity index (χ0v) is 12.8. The summed E-state index contributed by atoms with van der Waals surface area (Å²) in [5.74, 6) is 5.42. The Kier molecular flexibility index (Phi) is 5.94. The summed E-state index contributed by atoms with van der Waals surface area (Å²) in [5.41, 5.74) is 1.56. The lowest BCUT2D eigenvalue weighted by Crippen LogP contribution is -2.16. The first-order chi connectivity index (χ1) is 10.2. The van der Waals surface area contributed by atoms with Crippen molar-refractivity contribution in [3.05, 3.63) is 57.5 Å². The van der Waals surface area contributed by atoms with Crippen LogP contribution in [-0.4, -0.2) is 23.7 Å². The van der Waals surface area contributed by atoms with Crippen molar-refractivity contribution in [2.24, 2.45) is 0 Å². The molecule has 0 bridgehead atoms. The fourth-order valence-corrected chi connectivity index (χ4v) is 2.85. The minimum absolute atomic E-state index is 0.0265. The topological polar surface area (TPSA) is 23.5 Å². The molecule has 2 nitrogen and oxygen atoms in total.